The van der Waals surface area contributed by atoms with Crippen LogP contribution in [0.5, 0.6) is 0 Å². The molecule has 0 saturated carbocycles. The monoisotopic (exact) mass is 358 g/mol. The molecule has 0 aliphatic carbocycles. The molecule has 0 fully saturated rings. The molecular formula is C14H10Cl2NO4S-. The van der Waals surface area contributed by atoms with Crippen LogP contribution in [0.2, 0.25) is 10.0 Å². The molecule has 2 aromatic carbocycles. The Kier molecular flexibility index (Phi) is 4.95. The number of rotatable bonds is 5. The molecule has 22 heavy (non-hydrogen) atoms. The van der Waals surface area contributed by atoms with Crippen LogP contribution in [-0.2, 0) is 21.2 Å². The van der Waals surface area contributed by atoms with Gasteiger partial charge in [0.15, 0.2) is 0 Å². The second-order valence-electron chi connectivity index (χ2n) is 4.40. The summed E-state index contributed by atoms with van der Waals surface area (Å²) in [6.45, 7) is 0. The molecule has 0 amide bonds. The van der Waals surface area contributed by atoms with Gasteiger partial charge in [0, 0.05) is 18.1 Å². The lowest BCUT2D eigenvalue weighted by Crippen LogP contribution is -2.24. The second-order valence-corrected chi connectivity index (χ2v) is 6.84. The van der Waals surface area contributed by atoms with Gasteiger partial charge in [-0.1, -0.05) is 41.4 Å². The second kappa shape index (κ2) is 6.56. The first-order valence-electron chi connectivity index (χ1n) is 6.05. The first-order chi connectivity index (χ1) is 10.3. The first kappa shape index (κ1) is 16.6. The van der Waals surface area contributed by atoms with Gasteiger partial charge in [-0.15, -0.1) is 0 Å². The van der Waals surface area contributed by atoms with E-state index in [1.165, 1.54) is 36.4 Å². The van der Waals surface area contributed by atoms with E-state index in [1.807, 2.05) is 0 Å². The number of nitrogens with one attached hydrogen (secondary N) is 1. The van der Waals surface area contributed by atoms with Gasteiger partial charge in [-0.25, -0.2) is 8.42 Å². The van der Waals surface area contributed by atoms with E-state index in [-0.39, 0.29) is 27.0 Å². The van der Waals surface area contributed by atoms with Crippen molar-refractivity contribution in [2.45, 2.75) is 11.3 Å². The predicted octanol–water partition coefficient (Wildman–Crippen LogP) is 2.09. The SMILES string of the molecule is O=C([O-])Cc1ccc(NS(=O)(=O)c2c(Cl)cccc2Cl)cc1. The highest BCUT2D eigenvalue weighted by Crippen LogP contribution is 2.30. The number of carboxylic acids is 1. The van der Waals surface area contributed by atoms with E-state index >= 15 is 0 Å². The number of carbonyl (C=O) groups excluding carboxylic acids is 1. The highest BCUT2D eigenvalue weighted by atomic mass is 35.5. The maximum absolute atomic E-state index is 12.3. The van der Waals surface area contributed by atoms with E-state index in [0.29, 0.717) is 5.56 Å². The maximum atomic E-state index is 12.3. The van der Waals surface area contributed by atoms with E-state index in [4.69, 9.17) is 23.2 Å². The van der Waals surface area contributed by atoms with Gasteiger partial charge < -0.3 is 9.90 Å². The molecule has 5 nitrogen and oxygen atoms in total. The van der Waals surface area contributed by atoms with Crippen LogP contribution >= 0.6 is 23.2 Å². The molecule has 0 unspecified atom stereocenters. The summed E-state index contributed by atoms with van der Waals surface area (Å²) < 4.78 is 27.0. The summed E-state index contributed by atoms with van der Waals surface area (Å²) in [5.41, 5.74) is 0.761. The fourth-order valence-corrected chi connectivity index (χ4v) is 4.01. The number of hydrogen-bond donors (Lipinski definition) is 1. The van der Waals surface area contributed by atoms with Crippen molar-refractivity contribution in [3.05, 3.63) is 58.1 Å². The lowest BCUT2D eigenvalue weighted by molar-refractivity contribution is -0.304. The van der Waals surface area contributed by atoms with Crippen LogP contribution < -0.4 is 9.83 Å². The summed E-state index contributed by atoms with van der Waals surface area (Å²) in [4.78, 5) is 10.3. The molecule has 0 heterocycles. The molecule has 1 N–H and O–H groups in total. The quantitative estimate of drug-likeness (QED) is 0.886. The number of aliphatic carboxylic acids is 1. The van der Waals surface area contributed by atoms with Crippen molar-refractivity contribution in [1.82, 2.24) is 0 Å². The molecule has 8 heteroatoms. The van der Waals surface area contributed by atoms with E-state index in [0.717, 1.165) is 0 Å². The van der Waals surface area contributed by atoms with Gasteiger partial charge in [0.05, 0.1) is 10.0 Å². The van der Waals surface area contributed by atoms with Crippen molar-refractivity contribution < 1.29 is 18.3 Å². The van der Waals surface area contributed by atoms with Crippen molar-refractivity contribution in [1.29, 1.82) is 0 Å². The summed E-state index contributed by atoms with van der Waals surface area (Å²) >= 11 is 11.8. The minimum atomic E-state index is -3.95. The lowest BCUT2D eigenvalue weighted by atomic mass is 10.1. The molecule has 0 bridgehead atoms. The van der Waals surface area contributed by atoms with Crippen LogP contribution in [0.1, 0.15) is 5.56 Å². The average Bonchev–Trinajstić information content (AvgIpc) is 2.39. The third-order valence-corrected chi connectivity index (χ3v) is 5.08. The summed E-state index contributed by atoms with van der Waals surface area (Å²) in [6.07, 6.45) is -0.247. The average molecular weight is 359 g/mol. The molecule has 0 spiro atoms. The number of sulfonamides is 1. The van der Waals surface area contributed by atoms with Gasteiger partial charge in [0.25, 0.3) is 10.0 Å². The summed E-state index contributed by atoms with van der Waals surface area (Å²) in [6, 6.07) is 10.2. The van der Waals surface area contributed by atoms with Crippen LogP contribution in [-0.4, -0.2) is 14.4 Å². The highest BCUT2D eigenvalue weighted by Gasteiger charge is 2.21. The highest BCUT2D eigenvalue weighted by molar-refractivity contribution is 7.93. The van der Waals surface area contributed by atoms with Gasteiger partial charge >= 0.3 is 0 Å². The standard InChI is InChI=1S/C14H11Cl2NO4S/c15-11-2-1-3-12(16)14(11)22(20,21)17-10-6-4-9(5-7-10)8-13(18)19/h1-7,17H,8H2,(H,18,19)/p-1. The molecule has 0 aromatic heterocycles. The van der Waals surface area contributed by atoms with Crippen LogP contribution in [0.3, 0.4) is 0 Å². The van der Waals surface area contributed by atoms with Crippen LogP contribution in [0.4, 0.5) is 5.69 Å². The minimum Gasteiger partial charge on any atom is -0.550 e. The smallest absolute Gasteiger partial charge is 0.264 e. The summed E-state index contributed by atoms with van der Waals surface area (Å²) in [5.74, 6) is -1.21. The molecule has 0 saturated heterocycles. The third kappa shape index (κ3) is 3.91. The van der Waals surface area contributed by atoms with Crippen molar-refractivity contribution in [2.24, 2.45) is 0 Å². The van der Waals surface area contributed by atoms with Gasteiger partial charge in [-0.05, 0) is 29.8 Å². The van der Waals surface area contributed by atoms with Gasteiger partial charge in [-0.2, -0.15) is 0 Å². The molecule has 116 valence electrons. The molecule has 0 radical (unpaired) electrons. The van der Waals surface area contributed by atoms with E-state index in [2.05, 4.69) is 4.72 Å². The Labute approximate surface area is 137 Å². The molecule has 2 aromatic rings. The predicted molar refractivity (Wildman–Crippen MR) is 82.4 cm³/mol. The lowest BCUT2D eigenvalue weighted by Gasteiger charge is -2.11. The Morgan fingerprint density at radius 1 is 1.05 bits per heavy atom. The Hall–Kier alpha value is -1.76. The fraction of sp³-hybridized carbons (Fsp3) is 0.0714. The largest absolute Gasteiger partial charge is 0.550 e. The Balaban J connectivity index is 2.27. The Morgan fingerprint density at radius 3 is 2.09 bits per heavy atom. The topological polar surface area (TPSA) is 86.3 Å². The fourth-order valence-electron chi connectivity index (χ4n) is 1.80. The Bertz CT molecular complexity index is 784. The zero-order chi connectivity index (χ0) is 16.3. The van der Waals surface area contributed by atoms with Crippen LogP contribution in [0, 0.1) is 0 Å². The number of anilines is 1. The molecule has 0 atom stereocenters. The van der Waals surface area contributed by atoms with Crippen molar-refractivity contribution in [2.75, 3.05) is 4.72 Å². The zero-order valence-corrected chi connectivity index (χ0v) is 13.4. The van der Waals surface area contributed by atoms with E-state index < -0.39 is 16.0 Å². The normalized spacial score (nSPS) is 11.2. The van der Waals surface area contributed by atoms with Crippen molar-refractivity contribution in [3.63, 3.8) is 0 Å². The van der Waals surface area contributed by atoms with E-state index in [9.17, 15) is 18.3 Å². The minimum absolute atomic E-state index is 0.00794. The third-order valence-electron chi connectivity index (χ3n) is 2.74. The van der Waals surface area contributed by atoms with Crippen LogP contribution in [0.15, 0.2) is 47.4 Å². The maximum Gasteiger partial charge on any atom is 0.264 e. The Morgan fingerprint density at radius 2 is 1.59 bits per heavy atom. The van der Waals surface area contributed by atoms with Crippen molar-refractivity contribution in [3.8, 4) is 0 Å². The zero-order valence-electron chi connectivity index (χ0n) is 11.0. The van der Waals surface area contributed by atoms with E-state index in [1.54, 1.807) is 6.07 Å². The number of carboxylic acid groups (broad SMARTS) is 1. The summed E-state index contributed by atoms with van der Waals surface area (Å²) in [5, 5.41) is 10.5. The van der Waals surface area contributed by atoms with Crippen molar-refractivity contribution >= 4 is 44.9 Å². The van der Waals surface area contributed by atoms with Gasteiger partial charge in [-0.3, -0.25) is 4.72 Å². The molecule has 0 aliphatic rings. The number of halogens is 2. The number of carbonyl (C=O) groups is 1. The number of benzene rings is 2. The van der Waals surface area contributed by atoms with Crippen LogP contribution in [0.25, 0.3) is 0 Å². The van der Waals surface area contributed by atoms with Gasteiger partial charge in [0.2, 0.25) is 0 Å². The first-order valence-corrected chi connectivity index (χ1v) is 8.29. The molecular weight excluding hydrogens is 349 g/mol. The molecule has 2 rings (SSSR count). The summed E-state index contributed by atoms with van der Waals surface area (Å²) in [7, 11) is -3.95. The molecule has 0 aliphatic heterocycles. The van der Waals surface area contributed by atoms with Gasteiger partial charge in [0.1, 0.15) is 4.90 Å². The number of hydrogen-bond acceptors (Lipinski definition) is 4.